The summed E-state index contributed by atoms with van der Waals surface area (Å²) >= 11 is 1.27. The van der Waals surface area contributed by atoms with Crippen LogP contribution in [-0.2, 0) is 11.3 Å². The molecular weight excluding hydrogens is 236 g/mol. The van der Waals surface area contributed by atoms with Gasteiger partial charge in [0, 0.05) is 5.56 Å². The molecule has 0 unspecified atom stereocenters. The highest BCUT2D eigenvalue weighted by Crippen LogP contribution is 2.27. The SMILES string of the molecule is CC1CCC(OCc2ccsc2C(=O)O)CC1. The number of hydrogen-bond donors (Lipinski definition) is 1. The molecule has 0 saturated heterocycles. The Hall–Kier alpha value is -0.870. The number of thiophene rings is 1. The van der Waals surface area contributed by atoms with Crippen LogP contribution in [0, 0.1) is 5.92 Å². The summed E-state index contributed by atoms with van der Waals surface area (Å²) in [6.45, 7) is 2.71. The Morgan fingerprint density at radius 3 is 2.82 bits per heavy atom. The van der Waals surface area contributed by atoms with Crippen LogP contribution in [0.3, 0.4) is 0 Å². The van der Waals surface area contributed by atoms with E-state index in [1.807, 2.05) is 11.4 Å². The highest BCUT2D eigenvalue weighted by Gasteiger charge is 2.19. The maximum atomic E-state index is 10.9. The van der Waals surface area contributed by atoms with Crippen molar-refractivity contribution in [2.75, 3.05) is 0 Å². The molecule has 0 bridgehead atoms. The molecule has 1 aliphatic rings. The third-order valence-electron chi connectivity index (χ3n) is 3.38. The molecule has 1 aromatic rings. The van der Waals surface area contributed by atoms with E-state index in [0.29, 0.717) is 17.6 Å². The molecule has 17 heavy (non-hydrogen) atoms. The molecule has 4 heteroatoms. The van der Waals surface area contributed by atoms with Crippen LogP contribution >= 0.6 is 11.3 Å². The van der Waals surface area contributed by atoms with Crippen molar-refractivity contribution in [2.45, 2.75) is 45.3 Å². The number of aromatic carboxylic acids is 1. The van der Waals surface area contributed by atoms with Gasteiger partial charge < -0.3 is 9.84 Å². The molecule has 1 saturated carbocycles. The van der Waals surface area contributed by atoms with Crippen molar-refractivity contribution in [3.05, 3.63) is 21.9 Å². The van der Waals surface area contributed by atoms with Gasteiger partial charge in [-0.1, -0.05) is 6.92 Å². The summed E-state index contributed by atoms with van der Waals surface area (Å²) in [7, 11) is 0. The summed E-state index contributed by atoms with van der Waals surface area (Å²) in [6, 6.07) is 1.85. The molecule has 1 heterocycles. The van der Waals surface area contributed by atoms with Crippen molar-refractivity contribution in [3.8, 4) is 0 Å². The molecule has 94 valence electrons. The first-order valence-electron chi connectivity index (χ1n) is 6.08. The summed E-state index contributed by atoms with van der Waals surface area (Å²) < 4.78 is 5.81. The normalized spacial score (nSPS) is 24.8. The van der Waals surface area contributed by atoms with Crippen LogP contribution in [-0.4, -0.2) is 17.2 Å². The Morgan fingerprint density at radius 1 is 1.47 bits per heavy atom. The molecule has 0 aliphatic heterocycles. The van der Waals surface area contributed by atoms with Crippen molar-refractivity contribution >= 4 is 17.3 Å². The molecule has 0 radical (unpaired) electrons. The predicted molar refractivity (Wildman–Crippen MR) is 67.5 cm³/mol. The van der Waals surface area contributed by atoms with E-state index in [2.05, 4.69) is 6.92 Å². The van der Waals surface area contributed by atoms with Crippen LogP contribution in [0.1, 0.15) is 47.8 Å². The number of carbonyl (C=O) groups is 1. The van der Waals surface area contributed by atoms with E-state index in [0.717, 1.165) is 24.3 Å². The summed E-state index contributed by atoms with van der Waals surface area (Å²) in [5.74, 6) is -0.0403. The van der Waals surface area contributed by atoms with Gasteiger partial charge in [0.2, 0.25) is 0 Å². The van der Waals surface area contributed by atoms with E-state index in [1.54, 1.807) is 0 Å². The molecule has 3 nitrogen and oxygen atoms in total. The van der Waals surface area contributed by atoms with E-state index in [4.69, 9.17) is 9.84 Å². The second kappa shape index (κ2) is 5.65. The van der Waals surface area contributed by atoms with E-state index in [9.17, 15) is 4.79 Å². The molecule has 1 N–H and O–H groups in total. The highest BCUT2D eigenvalue weighted by atomic mass is 32.1. The van der Waals surface area contributed by atoms with Crippen LogP contribution in [0.2, 0.25) is 0 Å². The minimum atomic E-state index is -0.851. The number of hydrogen-bond acceptors (Lipinski definition) is 3. The lowest BCUT2D eigenvalue weighted by atomic mass is 9.89. The number of carboxylic acid groups (broad SMARTS) is 1. The van der Waals surface area contributed by atoms with Crippen LogP contribution in [0.15, 0.2) is 11.4 Å². The fourth-order valence-electron chi connectivity index (χ4n) is 2.24. The third-order valence-corrected chi connectivity index (χ3v) is 4.32. The predicted octanol–water partition coefficient (Wildman–Crippen LogP) is 3.54. The van der Waals surface area contributed by atoms with Gasteiger partial charge in [0.25, 0.3) is 0 Å². The maximum Gasteiger partial charge on any atom is 0.346 e. The Kier molecular flexibility index (Phi) is 4.18. The lowest BCUT2D eigenvalue weighted by Gasteiger charge is -2.26. The topological polar surface area (TPSA) is 46.5 Å². The van der Waals surface area contributed by atoms with Crippen molar-refractivity contribution < 1.29 is 14.6 Å². The highest BCUT2D eigenvalue weighted by molar-refractivity contribution is 7.12. The average Bonchev–Trinajstić information content (AvgIpc) is 2.76. The first-order chi connectivity index (χ1) is 8.16. The maximum absolute atomic E-state index is 10.9. The number of ether oxygens (including phenoxy) is 1. The van der Waals surface area contributed by atoms with E-state index in [1.165, 1.54) is 24.2 Å². The molecule has 0 amide bonds. The molecule has 1 aliphatic carbocycles. The number of rotatable bonds is 4. The Bertz CT molecular complexity index is 378. The molecule has 0 spiro atoms. The molecule has 0 atom stereocenters. The minimum absolute atomic E-state index is 0.313. The van der Waals surface area contributed by atoms with Crippen LogP contribution in [0.4, 0.5) is 0 Å². The first-order valence-corrected chi connectivity index (χ1v) is 6.96. The lowest BCUT2D eigenvalue weighted by molar-refractivity contribution is 0.00841. The smallest absolute Gasteiger partial charge is 0.346 e. The Labute approximate surface area is 105 Å². The quantitative estimate of drug-likeness (QED) is 0.894. The van der Waals surface area contributed by atoms with Gasteiger partial charge in [0.05, 0.1) is 12.7 Å². The van der Waals surface area contributed by atoms with Gasteiger partial charge in [-0.2, -0.15) is 0 Å². The number of carboxylic acids is 1. The molecule has 1 fully saturated rings. The van der Waals surface area contributed by atoms with Crippen molar-refractivity contribution in [3.63, 3.8) is 0 Å². The molecule has 2 rings (SSSR count). The van der Waals surface area contributed by atoms with Gasteiger partial charge in [-0.25, -0.2) is 4.79 Å². The van der Waals surface area contributed by atoms with E-state index >= 15 is 0 Å². The molecular formula is C13H18O3S. The third kappa shape index (κ3) is 3.30. The summed E-state index contributed by atoms with van der Waals surface area (Å²) in [4.78, 5) is 11.3. The summed E-state index contributed by atoms with van der Waals surface area (Å²) in [5.41, 5.74) is 0.807. The zero-order chi connectivity index (χ0) is 12.3. The van der Waals surface area contributed by atoms with Gasteiger partial charge in [0.15, 0.2) is 0 Å². The van der Waals surface area contributed by atoms with Gasteiger partial charge in [-0.05, 0) is 43.0 Å². The fraction of sp³-hybridized carbons (Fsp3) is 0.615. The first kappa shape index (κ1) is 12.6. The average molecular weight is 254 g/mol. The monoisotopic (exact) mass is 254 g/mol. The zero-order valence-corrected chi connectivity index (χ0v) is 10.8. The van der Waals surface area contributed by atoms with E-state index in [-0.39, 0.29) is 0 Å². The van der Waals surface area contributed by atoms with Crippen molar-refractivity contribution in [1.82, 2.24) is 0 Å². The van der Waals surface area contributed by atoms with E-state index < -0.39 is 5.97 Å². The molecule has 0 aromatic carbocycles. The Balaban J connectivity index is 1.85. The Morgan fingerprint density at radius 2 is 2.18 bits per heavy atom. The molecule has 1 aromatic heterocycles. The fourth-order valence-corrected chi connectivity index (χ4v) is 2.99. The second-order valence-electron chi connectivity index (χ2n) is 4.77. The lowest BCUT2D eigenvalue weighted by Crippen LogP contribution is -2.20. The summed E-state index contributed by atoms with van der Waals surface area (Å²) in [5, 5.41) is 10.8. The van der Waals surface area contributed by atoms with Crippen molar-refractivity contribution in [2.24, 2.45) is 5.92 Å². The minimum Gasteiger partial charge on any atom is -0.477 e. The van der Waals surface area contributed by atoms with Crippen molar-refractivity contribution in [1.29, 1.82) is 0 Å². The van der Waals surface area contributed by atoms with Gasteiger partial charge in [-0.15, -0.1) is 11.3 Å². The van der Waals surface area contributed by atoms with Crippen LogP contribution in [0.25, 0.3) is 0 Å². The van der Waals surface area contributed by atoms with Gasteiger partial charge >= 0.3 is 5.97 Å². The largest absolute Gasteiger partial charge is 0.477 e. The van der Waals surface area contributed by atoms with Crippen LogP contribution in [0.5, 0.6) is 0 Å². The second-order valence-corrected chi connectivity index (χ2v) is 5.69. The zero-order valence-electron chi connectivity index (χ0n) is 10.0. The van der Waals surface area contributed by atoms with Gasteiger partial charge in [-0.3, -0.25) is 0 Å². The van der Waals surface area contributed by atoms with Crippen LogP contribution < -0.4 is 0 Å². The standard InChI is InChI=1S/C13H18O3S/c1-9-2-4-11(5-3-9)16-8-10-6-7-17-12(10)13(14)15/h6-7,9,11H,2-5,8H2,1H3,(H,14,15). The van der Waals surface area contributed by atoms with Gasteiger partial charge in [0.1, 0.15) is 4.88 Å². The summed E-state index contributed by atoms with van der Waals surface area (Å²) in [6.07, 6.45) is 4.97.